The second-order valence-corrected chi connectivity index (χ2v) is 4.05. The Kier molecular flexibility index (Phi) is 3.97. The number of hydrogen-bond acceptors (Lipinski definition) is 1. The molecular weight excluding hydrogens is 194 g/mol. The highest BCUT2D eigenvalue weighted by atomic mass is 35.5. The lowest BCUT2D eigenvalue weighted by atomic mass is 10.0. The van der Waals surface area contributed by atoms with Crippen LogP contribution in [0.25, 0.3) is 0 Å². The lowest BCUT2D eigenvalue weighted by Gasteiger charge is -2.21. The fourth-order valence-electron chi connectivity index (χ4n) is 1.99. The quantitative estimate of drug-likeness (QED) is 0.638. The smallest absolute Gasteiger partial charge is 0.0104 e. The van der Waals surface area contributed by atoms with Crippen LogP contribution in [0.5, 0.6) is 0 Å². The molecule has 0 amide bonds. The van der Waals surface area contributed by atoms with Crippen molar-refractivity contribution in [1.82, 2.24) is 4.90 Å². The highest BCUT2D eigenvalue weighted by Crippen LogP contribution is 2.18. The van der Waals surface area contributed by atoms with Gasteiger partial charge in [-0.3, -0.25) is 0 Å². The van der Waals surface area contributed by atoms with Crippen molar-refractivity contribution in [3.63, 3.8) is 0 Å². The lowest BCUT2D eigenvalue weighted by Crippen LogP contribution is -2.30. The van der Waals surface area contributed by atoms with Crippen LogP contribution in [0.3, 0.4) is 0 Å². The van der Waals surface area contributed by atoms with E-state index in [9.17, 15) is 0 Å². The molecule has 1 aliphatic rings. The van der Waals surface area contributed by atoms with Crippen LogP contribution in [0.1, 0.15) is 18.1 Å². The first-order valence-corrected chi connectivity index (χ1v) is 5.04. The van der Waals surface area contributed by atoms with E-state index in [2.05, 4.69) is 43.1 Å². The van der Waals surface area contributed by atoms with Crippen LogP contribution in [-0.2, 0) is 12.8 Å². The van der Waals surface area contributed by atoms with Gasteiger partial charge >= 0.3 is 0 Å². The molecule has 0 saturated heterocycles. The van der Waals surface area contributed by atoms with Gasteiger partial charge in [0, 0.05) is 12.6 Å². The number of nitrogens with zero attached hydrogens (tertiary/aromatic N) is 1. The number of fused-ring (bicyclic) bond motifs is 1. The van der Waals surface area contributed by atoms with Gasteiger partial charge in [0.2, 0.25) is 0 Å². The van der Waals surface area contributed by atoms with Gasteiger partial charge < -0.3 is 4.90 Å². The fraction of sp³-hybridized carbons (Fsp3) is 0.500. The summed E-state index contributed by atoms with van der Waals surface area (Å²) in [4.78, 5) is 2.44. The number of rotatable bonds is 0. The van der Waals surface area contributed by atoms with E-state index >= 15 is 0 Å². The summed E-state index contributed by atoms with van der Waals surface area (Å²) in [6.07, 6.45) is 2.41. The minimum atomic E-state index is 0. The van der Waals surface area contributed by atoms with Gasteiger partial charge in [-0.15, -0.1) is 12.4 Å². The average Bonchev–Trinajstić information content (AvgIpc) is 2.28. The number of halogens is 1. The Labute approximate surface area is 92.5 Å². The van der Waals surface area contributed by atoms with E-state index in [4.69, 9.17) is 0 Å². The third kappa shape index (κ3) is 2.28. The molecule has 1 aromatic carbocycles. The van der Waals surface area contributed by atoms with E-state index in [0.717, 1.165) is 0 Å². The molecule has 0 aromatic heterocycles. The summed E-state index contributed by atoms with van der Waals surface area (Å²) in [5.74, 6) is 0. The van der Waals surface area contributed by atoms with E-state index < -0.39 is 0 Å². The summed E-state index contributed by atoms with van der Waals surface area (Å²) < 4.78 is 0. The highest BCUT2D eigenvalue weighted by Gasteiger charge is 2.16. The van der Waals surface area contributed by atoms with Gasteiger partial charge in [-0.05, 0) is 37.9 Å². The molecule has 0 saturated carbocycles. The van der Waals surface area contributed by atoms with Crippen LogP contribution < -0.4 is 0 Å². The molecular formula is C12H18ClN. The standard InChI is InChI=1S/C12H17N.ClH/c1-10-9-12-6-4-3-5-11(12)7-8-13(10)2;/h3-6,10H,7-9H2,1-2H3;1H. The Bertz CT molecular complexity index is 298. The second-order valence-electron chi connectivity index (χ2n) is 4.05. The van der Waals surface area contributed by atoms with Crippen LogP contribution >= 0.6 is 12.4 Å². The molecule has 78 valence electrons. The maximum atomic E-state index is 2.44. The number of likely N-dealkylation sites (N-methyl/N-ethyl adjacent to an activating group) is 1. The lowest BCUT2D eigenvalue weighted by molar-refractivity contribution is 0.268. The normalized spacial score (nSPS) is 22.0. The van der Waals surface area contributed by atoms with Crippen molar-refractivity contribution in [3.8, 4) is 0 Å². The molecule has 1 unspecified atom stereocenters. The van der Waals surface area contributed by atoms with Crippen LogP contribution in [0.15, 0.2) is 24.3 Å². The summed E-state index contributed by atoms with van der Waals surface area (Å²) >= 11 is 0. The van der Waals surface area contributed by atoms with Gasteiger partial charge in [0.05, 0.1) is 0 Å². The largest absolute Gasteiger partial charge is 0.303 e. The molecule has 1 aliphatic heterocycles. The summed E-state index contributed by atoms with van der Waals surface area (Å²) in [6.45, 7) is 3.50. The Morgan fingerprint density at radius 2 is 1.86 bits per heavy atom. The number of hydrogen-bond donors (Lipinski definition) is 0. The molecule has 1 heterocycles. The van der Waals surface area contributed by atoms with Gasteiger partial charge in [0.25, 0.3) is 0 Å². The summed E-state index contributed by atoms with van der Waals surface area (Å²) in [5, 5.41) is 0. The minimum Gasteiger partial charge on any atom is -0.303 e. The van der Waals surface area contributed by atoms with Gasteiger partial charge in [-0.2, -0.15) is 0 Å². The van der Waals surface area contributed by atoms with Crippen molar-refractivity contribution in [2.24, 2.45) is 0 Å². The fourth-order valence-corrected chi connectivity index (χ4v) is 1.99. The summed E-state index contributed by atoms with van der Waals surface area (Å²) in [6, 6.07) is 9.52. The average molecular weight is 212 g/mol. The number of benzene rings is 1. The predicted octanol–water partition coefficient (Wildman–Crippen LogP) is 2.53. The van der Waals surface area contributed by atoms with Gasteiger partial charge in [0.1, 0.15) is 0 Å². The molecule has 2 rings (SSSR count). The van der Waals surface area contributed by atoms with Crippen molar-refractivity contribution in [2.45, 2.75) is 25.8 Å². The highest BCUT2D eigenvalue weighted by molar-refractivity contribution is 5.85. The summed E-state index contributed by atoms with van der Waals surface area (Å²) in [5.41, 5.74) is 3.08. The molecule has 1 atom stereocenters. The zero-order valence-corrected chi connectivity index (χ0v) is 9.68. The molecule has 1 aromatic rings. The maximum Gasteiger partial charge on any atom is 0.0104 e. The first kappa shape index (κ1) is 11.5. The molecule has 2 heteroatoms. The van der Waals surface area contributed by atoms with Gasteiger partial charge in [-0.25, -0.2) is 0 Å². The Morgan fingerprint density at radius 1 is 1.21 bits per heavy atom. The Morgan fingerprint density at radius 3 is 2.57 bits per heavy atom. The predicted molar refractivity (Wildman–Crippen MR) is 63.2 cm³/mol. The van der Waals surface area contributed by atoms with Crippen molar-refractivity contribution in [2.75, 3.05) is 13.6 Å². The molecule has 14 heavy (non-hydrogen) atoms. The zero-order chi connectivity index (χ0) is 9.26. The monoisotopic (exact) mass is 211 g/mol. The van der Waals surface area contributed by atoms with Crippen LogP contribution in [0.4, 0.5) is 0 Å². The van der Waals surface area contributed by atoms with E-state index in [0.29, 0.717) is 6.04 Å². The first-order valence-electron chi connectivity index (χ1n) is 5.04. The molecule has 0 fully saturated rings. The molecule has 0 radical (unpaired) electrons. The van der Waals surface area contributed by atoms with Gasteiger partial charge in [0.15, 0.2) is 0 Å². The van der Waals surface area contributed by atoms with Gasteiger partial charge in [-0.1, -0.05) is 24.3 Å². The van der Waals surface area contributed by atoms with Crippen LogP contribution in [0, 0.1) is 0 Å². The van der Waals surface area contributed by atoms with E-state index in [1.54, 1.807) is 11.1 Å². The third-order valence-electron chi connectivity index (χ3n) is 3.12. The van der Waals surface area contributed by atoms with Crippen molar-refractivity contribution < 1.29 is 0 Å². The van der Waals surface area contributed by atoms with E-state index in [-0.39, 0.29) is 12.4 Å². The molecule has 0 N–H and O–H groups in total. The zero-order valence-electron chi connectivity index (χ0n) is 8.86. The Hall–Kier alpha value is -0.530. The summed E-state index contributed by atoms with van der Waals surface area (Å²) in [7, 11) is 2.22. The van der Waals surface area contributed by atoms with E-state index in [1.165, 1.54) is 19.4 Å². The SMILES string of the molecule is CC1Cc2ccccc2CCN1C.Cl. The van der Waals surface area contributed by atoms with Crippen molar-refractivity contribution >= 4 is 12.4 Å². The minimum absolute atomic E-state index is 0. The van der Waals surface area contributed by atoms with Crippen molar-refractivity contribution in [1.29, 1.82) is 0 Å². The van der Waals surface area contributed by atoms with Crippen molar-refractivity contribution in [3.05, 3.63) is 35.4 Å². The third-order valence-corrected chi connectivity index (χ3v) is 3.12. The Balaban J connectivity index is 0.000000980. The van der Waals surface area contributed by atoms with Crippen LogP contribution in [-0.4, -0.2) is 24.5 Å². The maximum absolute atomic E-state index is 2.44. The first-order chi connectivity index (χ1) is 6.27. The second kappa shape index (κ2) is 4.81. The molecule has 0 aliphatic carbocycles. The molecule has 0 spiro atoms. The topological polar surface area (TPSA) is 3.24 Å². The molecule has 1 nitrogen and oxygen atoms in total. The molecule has 0 bridgehead atoms. The van der Waals surface area contributed by atoms with E-state index in [1.807, 2.05) is 0 Å². The van der Waals surface area contributed by atoms with Crippen LogP contribution in [0.2, 0.25) is 0 Å².